The predicted octanol–water partition coefficient (Wildman–Crippen LogP) is 2.55. The van der Waals surface area contributed by atoms with E-state index in [1.807, 2.05) is 46.0 Å². The Morgan fingerprint density at radius 3 is 2.82 bits per heavy atom. The molecule has 174 valence electrons. The van der Waals surface area contributed by atoms with Gasteiger partial charge in [-0.25, -0.2) is 0 Å². The molecule has 34 heavy (non-hydrogen) atoms. The van der Waals surface area contributed by atoms with Crippen molar-refractivity contribution in [3.05, 3.63) is 71.9 Å². The number of pyridine rings is 2. The highest BCUT2D eigenvalue weighted by molar-refractivity contribution is 5.99. The topological polar surface area (TPSA) is 112 Å². The van der Waals surface area contributed by atoms with Crippen molar-refractivity contribution in [3.63, 3.8) is 0 Å². The van der Waals surface area contributed by atoms with Crippen LogP contribution in [0.15, 0.2) is 59.9 Å². The summed E-state index contributed by atoms with van der Waals surface area (Å²) in [6.45, 7) is 2.82. The van der Waals surface area contributed by atoms with Crippen molar-refractivity contribution in [2.24, 2.45) is 10.7 Å². The fraction of sp³-hybridized carbons (Fsp3) is 0.320. The molecule has 1 saturated heterocycles. The number of rotatable bonds is 6. The summed E-state index contributed by atoms with van der Waals surface area (Å²) in [5, 5.41) is 4.69. The first-order valence-corrected chi connectivity index (χ1v) is 11.5. The third kappa shape index (κ3) is 4.47. The van der Waals surface area contributed by atoms with E-state index in [9.17, 15) is 4.79 Å². The molecule has 3 aromatic heterocycles. The Balaban J connectivity index is 1.35. The summed E-state index contributed by atoms with van der Waals surface area (Å²) in [6.07, 6.45) is 8.71. The van der Waals surface area contributed by atoms with Crippen molar-refractivity contribution >= 4 is 17.8 Å². The number of carbonyl (C=O) groups excluding carboxylic acids is 1. The second kappa shape index (κ2) is 9.96. The highest BCUT2D eigenvalue weighted by Crippen LogP contribution is 2.31. The number of carbonyl (C=O) groups is 1. The van der Waals surface area contributed by atoms with Gasteiger partial charge in [0.15, 0.2) is 5.69 Å². The van der Waals surface area contributed by atoms with Crippen LogP contribution in [0.1, 0.15) is 34.7 Å². The zero-order chi connectivity index (χ0) is 23.3. The second-order valence-electron chi connectivity index (χ2n) is 8.31. The molecule has 5 heterocycles. The number of hydrogen-bond acceptors (Lipinski definition) is 7. The molecule has 2 aliphatic rings. The minimum Gasteiger partial charge on any atom is -0.397 e. The third-order valence-corrected chi connectivity index (χ3v) is 6.14. The maximum absolute atomic E-state index is 13.7. The zero-order valence-electron chi connectivity index (χ0n) is 18.9. The molecule has 2 aliphatic heterocycles. The van der Waals surface area contributed by atoms with E-state index >= 15 is 0 Å². The molecule has 1 amide bonds. The second-order valence-corrected chi connectivity index (χ2v) is 8.31. The van der Waals surface area contributed by atoms with Crippen LogP contribution in [0.25, 0.3) is 17.0 Å². The normalized spacial score (nSPS) is 18.4. The lowest BCUT2D eigenvalue weighted by Crippen LogP contribution is -2.37. The van der Waals surface area contributed by atoms with Gasteiger partial charge in [0.05, 0.1) is 60.7 Å². The van der Waals surface area contributed by atoms with Gasteiger partial charge in [-0.15, -0.1) is 0 Å². The van der Waals surface area contributed by atoms with Crippen LogP contribution in [0.3, 0.4) is 0 Å². The average Bonchev–Trinajstić information content (AvgIpc) is 3.52. The quantitative estimate of drug-likeness (QED) is 0.570. The van der Waals surface area contributed by atoms with E-state index in [1.54, 1.807) is 24.7 Å². The summed E-state index contributed by atoms with van der Waals surface area (Å²) in [7, 11) is 0. The lowest BCUT2D eigenvalue weighted by Gasteiger charge is -2.23. The molecule has 0 radical (unpaired) electrons. The molecular weight excluding hydrogens is 430 g/mol. The number of allylic oxidation sites excluding steroid dienone is 1. The minimum atomic E-state index is -0.0798. The van der Waals surface area contributed by atoms with Crippen LogP contribution < -0.4 is 5.73 Å². The van der Waals surface area contributed by atoms with Gasteiger partial charge in [-0.05, 0) is 43.2 Å². The van der Waals surface area contributed by atoms with E-state index < -0.39 is 0 Å². The zero-order valence-corrected chi connectivity index (χ0v) is 18.9. The van der Waals surface area contributed by atoms with Crippen molar-refractivity contribution in [2.45, 2.75) is 32.0 Å². The standard InChI is InChI=1S/C25H27N7O2/c26-19(20-7-1-3-10-28-20)9-12-27-16-18-6-5-13-31(18)25(33)24-23(21-8-2-4-11-29-21)22-17-34-15-14-32(22)30-24/h1-4,7-12,18H,5-6,13-17,26H2/b19-9-,27-12?. The van der Waals surface area contributed by atoms with Crippen LogP contribution >= 0.6 is 0 Å². The molecule has 0 saturated carbocycles. The van der Waals surface area contributed by atoms with Crippen LogP contribution in [0.2, 0.25) is 0 Å². The van der Waals surface area contributed by atoms with Gasteiger partial charge in [-0.1, -0.05) is 12.1 Å². The fourth-order valence-corrected chi connectivity index (χ4v) is 4.44. The molecule has 1 unspecified atom stereocenters. The van der Waals surface area contributed by atoms with Gasteiger partial charge in [0.2, 0.25) is 0 Å². The molecule has 5 rings (SSSR count). The molecule has 0 bridgehead atoms. The molecule has 3 aromatic rings. The number of fused-ring (bicyclic) bond motifs is 1. The smallest absolute Gasteiger partial charge is 0.275 e. The third-order valence-electron chi connectivity index (χ3n) is 6.14. The Morgan fingerprint density at radius 1 is 1.18 bits per heavy atom. The number of hydrogen-bond donors (Lipinski definition) is 1. The lowest BCUT2D eigenvalue weighted by atomic mass is 10.1. The van der Waals surface area contributed by atoms with Crippen molar-refractivity contribution in [3.8, 4) is 11.3 Å². The maximum Gasteiger partial charge on any atom is 0.275 e. The lowest BCUT2D eigenvalue weighted by molar-refractivity contribution is 0.0727. The summed E-state index contributed by atoms with van der Waals surface area (Å²) in [4.78, 5) is 28.8. The van der Waals surface area contributed by atoms with Gasteiger partial charge in [-0.3, -0.25) is 24.4 Å². The van der Waals surface area contributed by atoms with Crippen LogP contribution in [0.4, 0.5) is 0 Å². The summed E-state index contributed by atoms with van der Waals surface area (Å²) in [5.41, 5.74) is 10.2. The highest BCUT2D eigenvalue weighted by atomic mass is 16.5. The van der Waals surface area contributed by atoms with Crippen molar-refractivity contribution in [1.29, 1.82) is 0 Å². The van der Waals surface area contributed by atoms with E-state index in [-0.39, 0.29) is 11.9 Å². The van der Waals surface area contributed by atoms with Gasteiger partial charge in [-0.2, -0.15) is 5.10 Å². The fourth-order valence-electron chi connectivity index (χ4n) is 4.44. The van der Waals surface area contributed by atoms with E-state index in [0.717, 1.165) is 29.8 Å². The van der Waals surface area contributed by atoms with E-state index in [2.05, 4.69) is 15.0 Å². The van der Waals surface area contributed by atoms with Crippen molar-refractivity contribution < 1.29 is 9.53 Å². The molecular formula is C25H27N7O2. The Labute approximate surface area is 198 Å². The number of aromatic nitrogens is 4. The number of nitrogens with two attached hydrogens (primary N) is 1. The van der Waals surface area contributed by atoms with E-state index in [1.165, 1.54) is 0 Å². The molecule has 0 aliphatic carbocycles. The Morgan fingerprint density at radius 2 is 2.03 bits per heavy atom. The highest BCUT2D eigenvalue weighted by Gasteiger charge is 2.34. The van der Waals surface area contributed by atoms with Crippen LogP contribution in [-0.4, -0.2) is 62.5 Å². The summed E-state index contributed by atoms with van der Waals surface area (Å²) >= 11 is 0. The van der Waals surface area contributed by atoms with E-state index in [4.69, 9.17) is 15.6 Å². The molecule has 0 aromatic carbocycles. The van der Waals surface area contributed by atoms with Crippen LogP contribution in [0, 0.1) is 0 Å². The number of ether oxygens (including phenoxy) is 1. The molecule has 1 atom stereocenters. The molecule has 9 heteroatoms. The minimum absolute atomic E-state index is 0.0137. The molecule has 2 N–H and O–H groups in total. The first-order chi connectivity index (χ1) is 16.7. The first kappa shape index (κ1) is 22.0. The van der Waals surface area contributed by atoms with E-state index in [0.29, 0.717) is 49.9 Å². The summed E-state index contributed by atoms with van der Waals surface area (Å²) in [5.74, 6) is -0.0798. The van der Waals surface area contributed by atoms with Gasteiger partial charge >= 0.3 is 0 Å². The molecule has 0 spiro atoms. The summed E-state index contributed by atoms with van der Waals surface area (Å²) in [6, 6.07) is 11.3. The van der Waals surface area contributed by atoms with Crippen molar-refractivity contribution in [1.82, 2.24) is 24.6 Å². The summed E-state index contributed by atoms with van der Waals surface area (Å²) < 4.78 is 7.55. The van der Waals surface area contributed by atoms with Crippen LogP contribution in [0.5, 0.6) is 0 Å². The Kier molecular flexibility index (Phi) is 6.44. The SMILES string of the molecule is N/C(=C\C=NCC1CCCN1C(=O)c1nn2c(c1-c1ccccn1)COCC2)c1ccccn1. The Bertz CT molecular complexity index is 1200. The average molecular weight is 458 g/mol. The number of amides is 1. The van der Waals surface area contributed by atoms with Gasteiger partial charge in [0, 0.05) is 25.2 Å². The maximum atomic E-state index is 13.7. The van der Waals surface area contributed by atoms with Crippen molar-refractivity contribution in [2.75, 3.05) is 19.7 Å². The number of nitrogens with zero attached hydrogens (tertiary/aromatic N) is 6. The Hall–Kier alpha value is -3.85. The van der Waals surface area contributed by atoms with Gasteiger partial charge < -0.3 is 15.4 Å². The monoisotopic (exact) mass is 457 g/mol. The predicted molar refractivity (Wildman–Crippen MR) is 129 cm³/mol. The molecule has 1 fully saturated rings. The van der Waals surface area contributed by atoms with Gasteiger partial charge in [0.25, 0.3) is 5.91 Å². The number of likely N-dealkylation sites (tertiary alicyclic amines) is 1. The first-order valence-electron chi connectivity index (χ1n) is 11.5. The van der Waals surface area contributed by atoms with Crippen LogP contribution in [-0.2, 0) is 17.9 Å². The van der Waals surface area contributed by atoms with Gasteiger partial charge in [0.1, 0.15) is 0 Å². The largest absolute Gasteiger partial charge is 0.397 e. The number of aliphatic imine (C=N–C) groups is 1. The molecule has 9 nitrogen and oxygen atoms in total.